The summed E-state index contributed by atoms with van der Waals surface area (Å²) in [6, 6.07) is 0. The lowest BCUT2D eigenvalue weighted by atomic mass is 9.90. The SMILES string of the molecule is COC(=O)CC(=O)CC(=O)OCC1(C)COC1. The maximum Gasteiger partial charge on any atom is 0.313 e. The minimum absolute atomic E-state index is 0.138. The number of hydrogen-bond acceptors (Lipinski definition) is 6. The van der Waals surface area contributed by atoms with Crippen LogP contribution in [0.5, 0.6) is 0 Å². The van der Waals surface area contributed by atoms with Crippen molar-refractivity contribution in [1.82, 2.24) is 0 Å². The first-order chi connectivity index (χ1) is 7.95. The summed E-state index contributed by atoms with van der Waals surface area (Å²) in [7, 11) is 1.19. The highest BCUT2D eigenvalue weighted by Crippen LogP contribution is 2.26. The van der Waals surface area contributed by atoms with Gasteiger partial charge in [-0.2, -0.15) is 0 Å². The molecule has 1 rings (SSSR count). The molecule has 0 aromatic carbocycles. The van der Waals surface area contributed by atoms with Gasteiger partial charge < -0.3 is 14.2 Å². The summed E-state index contributed by atoms with van der Waals surface area (Å²) in [5, 5.41) is 0. The number of carbonyl (C=O) groups is 3. The van der Waals surface area contributed by atoms with E-state index in [1.54, 1.807) is 0 Å². The van der Waals surface area contributed by atoms with Crippen LogP contribution in [0.1, 0.15) is 19.8 Å². The zero-order valence-electron chi connectivity index (χ0n) is 9.99. The third-order valence-corrected chi connectivity index (χ3v) is 2.39. The Bertz CT molecular complexity index is 318. The van der Waals surface area contributed by atoms with Crippen LogP contribution in [0, 0.1) is 5.41 Å². The van der Waals surface area contributed by atoms with Crippen LogP contribution in [-0.4, -0.2) is 44.7 Å². The van der Waals surface area contributed by atoms with Crippen molar-refractivity contribution in [3.05, 3.63) is 0 Å². The molecule has 0 atom stereocenters. The number of methoxy groups -OCH3 is 1. The summed E-state index contributed by atoms with van der Waals surface area (Å²) in [4.78, 5) is 33.2. The Morgan fingerprint density at radius 1 is 1.18 bits per heavy atom. The average molecular weight is 244 g/mol. The Kier molecular flexibility index (Phi) is 4.62. The zero-order chi connectivity index (χ0) is 12.9. The Hall–Kier alpha value is -1.43. The lowest BCUT2D eigenvalue weighted by molar-refractivity contribution is -0.165. The largest absolute Gasteiger partial charge is 0.469 e. The number of rotatable bonds is 6. The third kappa shape index (κ3) is 4.52. The summed E-state index contributed by atoms with van der Waals surface area (Å²) >= 11 is 0. The first-order valence-electron chi connectivity index (χ1n) is 5.27. The van der Waals surface area contributed by atoms with Gasteiger partial charge in [0.25, 0.3) is 0 Å². The smallest absolute Gasteiger partial charge is 0.313 e. The fourth-order valence-corrected chi connectivity index (χ4v) is 1.30. The molecule has 0 aromatic rings. The van der Waals surface area contributed by atoms with Crippen LogP contribution in [0.2, 0.25) is 0 Å². The molecule has 6 nitrogen and oxygen atoms in total. The van der Waals surface area contributed by atoms with E-state index in [9.17, 15) is 14.4 Å². The summed E-state index contributed by atoms with van der Waals surface area (Å²) in [6.07, 6.45) is -0.794. The molecule has 0 saturated carbocycles. The molecule has 96 valence electrons. The van der Waals surface area contributed by atoms with E-state index in [1.165, 1.54) is 7.11 Å². The van der Waals surface area contributed by atoms with Crippen LogP contribution in [0.3, 0.4) is 0 Å². The first kappa shape index (κ1) is 13.6. The molecule has 0 amide bonds. The van der Waals surface area contributed by atoms with Gasteiger partial charge in [0, 0.05) is 5.41 Å². The van der Waals surface area contributed by atoms with Crippen LogP contribution in [0.15, 0.2) is 0 Å². The predicted octanol–water partition coefficient (Wildman–Crippen LogP) is 0.0884. The van der Waals surface area contributed by atoms with Crippen molar-refractivity contribution in [2.45, 2.75) is 19.8 Å². The molecule has 17 heavy (non-hydrogen) atoms. The third-order valence-electron chi connectivity index (χ3n) is 2.39. The molecule has 1 saturated heterocycles. The zero-order valence-corrected chi connectivity index (χ0v) is 9.99. The van der Waals surface area contributed by atoms with Gasteiger partial charge in [-0.1, -0.05) is 6.92 Å². The summed E-state index contributed by atoms with van der Waals surface area (Å²) in [6.45, 7) is 3.27. The molecule has 0 bridgehead atoms. The van der Waals surface area contributed by atoms with Gasteiger partial charge in [-0.25, -0.2) is 0 Å². The molecule has 0 spiro atoms. The molecule has 0 aromatic heterocycles. The lowest BCUT2D eigenvalue weighted by Crippen LogP contribution is -2.44. The van der Waals surface area contributed by atoms with Crippen molar-refractivity contribution in [2.24, 2.45) is 5.41 Å². The number of hydrogen-bond donors (Lipinski definition) is 0. The number of carbonyl (C=O) groups excluding carboxylic acids is 3. The summed E-state index contributed by atoms with van der Waals surface area (Å²) in [5.74, 6) is -1.77. The molecule has 1 fully saturated rings. The highest BCUT2D eigenvalue weighted by Gasteiger charge is 2.35. The molecular formula is C11H16O6. The Balaban J connectivity index is 2.20. The van der Waals surface area contributed by atoms with Crippen LogP contribution in [-0.2, 0) is 28.6 Å². The normalized spacial score (nSPS) is 16.8. The van der Waals surface area contributed by atoms with E-state index in [2.05, 4.69) is 4.74 Å². The average Bonchev–Trinajstić information content (AvgIpc) is 2.23. The van der Waals surface area contributed by atoms with Gasteiger partial charge >= 0.3 is 11.9 Å². The van der Waals surface area contributed by atoms with Crippen LogP contribution in [0.25, 0.3) is 0 Å². The fraction of sp³-hybridized carbons (Fsp3) is 0.727. The van der Waals surface area contributed by atoms with E-state index in [1.807, 2.05) is 6.92 Å². The monoisotopic (exact) mass is 244 g/mol. The van der Waals surface area contributed by atoms with Gasteiger partial charge in [-0.05, 0) is 0 Å². The second kappa shape index (κ2) is 5.77. The van der Waals surface area contributed by atoms with Crippen molar-refractivity contribution in [2.75, 3.05) is 26.9 Å². The van der Waals surface area contributed by atoms with Crippen LogP contribution < -0.4 is 0 Å². The van der Waals surface area contributed by atoms with Crippen molar-refractivity contribution in [3.8, 4) is 0 Å². The number of ether oxygens (including phenoxy) is 3. The Morgan fingerprint density at radius 2 is 1.76 bits per heavy atom. The summed E-state index contributed by atoms with van der Waals surface area (Å²) in [5.41, 5.74) is -0.138. The van der Waals surface area contributed by atoms with Crippen LogP contribution >= 0.6 is 0 Å². The molecule has 0 aliphatic carbocycles. The van der Waals surface area contributed by atoms with Gasteiger partial charge in [-0.15, -0.1) is 0 Å². The number of esters is 2. The maximum atomic E-state index is 11.3. The van der Waals surface area contributed by atoms with Crippen LogP contribution in [0.4, 0.5) is 0 Å². The van der Waals surface area contributed by atoms with E-state index in [0.29, 0.717) is 13.2 Å². The number of ketones is 1. The van der Waals surface area contributed by atoms with Gasteiger partial charge in [-0.3, -0.25) is 14.4 Å². The predicted molar refractivity (Wildman–Crippen MR) is 56.1 cm³/mol. The van der Waals surface area contributed by atoms with E-state index in [0.717, 1.165) is 0 Å². The summed E-state index contributed by atoms with van der Waals surface area (Å²) < 4.78 is 14.3. The van der Waals surface area contributed by atoms with Crippen molar-refractivity contribution in [3.63, 3.8) is 0 Å². The minimum Gasteiger partial charge on any atom is -0.469 e. The van der Waals surface area contributed by atoms with Crippen molar-refractivity contribution < 1.29 is 28.6 Å². The Labute approximate surface area is 99.2 Å². The second-order valence-corrected chi connectivity index (χ2v) is 4.43. The molecule has 0 radical (unpaired) electrons. The Morgan fingerprint density at radius 3 is 2.24 bits per heavy atom. The highest BCUT2D eigenvalue weighted by atomic mass is 16.5. The van der Waals surface area contributed by atoms with E-state index in [-0.39, 0.29) is 12.0 Å². The van der Waals surface area contributed by atoms with Gasteiger partial charge in [0.05, 0.1) is 20.3 Å². The molecule has 1 aliphatic rings. The second-order valence-electron chi connectivity index (χ2n) is 4.43. The lowest BCUT2D eigenvalue weighted by Gasteiger charge is -2.37. The minimum atomic E-state index is -0.651. The van der Waals surface area contributed by atoms with Gasteiger partial charge in [0.15, 0.2) is 5.78 Å². The standard InChI is InChI=1S/C11H16O6/c1-11(5-16-6-11)7-17-10(14)4-8(12)3-9(13)15-2/h3-7H2,1-2H3. The maximum absolute atomic E-state index is 11.3. The molecule has 6 heteroatoms. The molecule has 1 aliphatic heterocycles. The number of Topliss-reactive ketones (excluding diaryl/α,β-unsaturated/α-hetero) is 1. The van der Waals surface area contributed by atoms with E-state index in [4.69, 9.17) is 9.47 Å². The molecule has 1 heterocycles. The molecular weight excluding hydrogens is 228 g/mol. The fourth-order valence-electron chi connectivity index (χ4n) is 1.30. The van der Waals surface area contributed by atoms with Crippen molar-refractivity contribution >= 4 is 17.7 Å². The van der Waals surface area contributed by atoms with E-state index < -0.39 is 30.6 Å². The molecule has 0 N–H and O–H groups in total. The molecule has 0 unspecified atom stereocenters. The van der Waals surface area contributed by atoms with Gasteiger partial charge in [0.2, 0.25) is 0 Å². The van der Waals surface area contributed by atoms with E-state index >= 15 is 0 Å². The first-order valence-corrected chi connectivity index (χ1v) is 5.27. The van der Waals surface area contributed by atoms with Gasteiger partial charge in [0.1, 0.15) is 19.4 Å². The topological polar surface area (TPSA) is 78.9 Å². The quantitative estimate of drug-likeness (QED) is 0.486. The van der Waals surface area contributed by atoms with Crippen molar-refractivity contribution in [1.29, 1.82) is 0 Å². The highest BCUT2D eigenvalue weighted by molar-refractivity contribution is 6.03.